The van der Waals surface area contributed by atoms with E-state index in [2.05, 4.69) is 0 Å². The average Bonchev–Trinajstić information content (AvgIpc) is 2.03. The van der Waals surface area contributed by atoms with Crippen LogP contribution in [0, 0.1) is 15.9 Å². The molecule has 0 heterocycles. The Kier molecular flexibility index (Phi) is 2.50. The second kappa shape index (κ2) is 3.43. The van der Waals surface area contributed by atoms with E-state index in [0.717, 1.165) is 6.07 Å². The highest BCUT2D eigenvalue weighted by Gasteiger charge is 2.14. The molecule has 13 heavy (non-hydrogen) atoms. The lowest BCUT2D eigenvalue weighted by atomic mass is 9.73. The molecule has 0 aromatic heterocycles. The van der Waals surface area contributed by atoms with Gasteiger partial charge in [0.2, 0.25) is 0 Å². The number of rotatable bonds is 2. The van der Waals surface area contributed by atoms with E-state index in [1.807, 2.05) is 0 Å². The molecular weight excluding hydrogens is 174 g/mol. The number of halogens is 1. The number of nitrogen functional groups attached to an aromatic ring is 1. The highest BCUT2D eigenvalue weighted by Crippen LogP contribution is 2.19. The fraction of sp³-hybridized carbons (Fsp3) is 0.143. The SMILES string of the molecule is CBc1cc([N+](=O)[O-])c(N)cc1F. The van der Waals surface area contributed by atoms with Gasteiger partial charge in [-0.05, 0) is 5.46 Å². The van der Waals surface area contributed by atoms with Crippen molar-refractivity contribution in [2.45, 2.75) is 6.82 Å². The van der Waals surface area contributed by atoms with Crippen molar-refractivity contribution in [3.8, 4) is 0 Å². The van der Waals surface area contributed by atoms with Crippen molar-refractivity contribution in [2.75, 3.05) is 5.73 Å². The van der Waals surface area contributed by atoms with Gasteiger partial charge in [-0.25, -0.2) is 4.39 Å². The Morgan fingerprint density at radius 2 is 2.23 bits per heavy atom. The summed E-state index contributed by atoms with van der Waals surface area (Å²) in [6.45, 7) is 1.72. The topological polar surface area (TPSA) is 69.2 Å². The van der Waals surface area contributed by atoms with Crippen molar-refractivity contribution < 1.29 is 9.31 Å². The van der Waals surface area contributed by atoms with Crippen LogP contribution in [0.1, 0.15) is 0 Å². The predicted molar refractivity (Wildman–Crippen MR) is 50.1 cm³/mol. The number of nitro groups is 1. The van der Waals surface area contributed by atoms with Gasteiger partial charge >= 0.3 is 0 Å². The minimum atomic E-state index is -0.617. The Morgan fingerprint density at radius 3 is 2.69 bits per heavy atom. The fourth-order valence-electron chi connectivity index (χ4n) is 1.05. The van der Waals surface area contributed by atoms with Crippen LogP contribution >= 0.6 is 0 Å². The molecule has 0 amide bonds. The number of hydrogen-bond acceptors (Lipinski definition) is 3. The number of nitrogens with two attached hydrogens (primary N) is 1. The van der Waals surface area contributed by atoms with E-state index in [9.17, 15) is 14.5 Å². The van der Waals surface area contributed by atoms with Crippen LogP contribution in [0.15, 0.2) is 12.1 Å². The molecule has 0 aliphatic rings. The first-order valence-corrected chi connectivity index (χ1v) is 3.78. The van der Waals surface area contributed by atoms with E-state index in [1.54, 1.807) is 6.82 Å². The molecule has 0 unspecified atom stereocenters. The highest BCUT2D eigenvalue weighted by molar-refractivity contribution is 6.52. The highest BCUT2D eigenvalue weighted by atomic mass is 19.1. The van der Waals surface area contributed by atoms with Crippen molar-refractivity contribution in [3.63, 3.8) is 0 Å². The monoisotopic (exact) mass is 182 g/mol. The van der Waals surface area contributed by atoms with E-state index in [0.29, 0.717) is 12.7 Å². The van der Waals surface area contributed by atoms with Crippen LogP contribution in [-0.4, -0.2) is 12.2 Å². The fourth-order valence-corrected chi connectivity index (χ4v) is 1.05. The van der Waals surface area contributed by atoms with Crippen molar-refractivity contribution in [3.05, 3.63) is 28.1 Å². The van der Waals surface area contributed by atoms with Crippen LogP contribution in [0.25, 0.3) is 0 Å². The second-order valence-electron chi connectivity index (χ2n) is 2.61. The third-order valence-electron chi connectivity index (χ3n) is 1.77. The lowest BCUT2D eigenvalue weighted by molar-refractivity contribution is -0.383. The maximum absolute atomic E-state index is 13.0. The van der Waals surface area contributed by atoms with Crippen molar-refractivity contribution in [1.82, 2.24) is 0 Å². The zero-order chi connectivity index (χ0) is 10.0. The molecule has 0 saturated carbocycles. The summed E-state index contributed by atoms with van der Waals surface area (Å²) in [4.78, 5) is 9.79. The molecule has 6 heteroatoms. The summed E-state index contributed by atoms with van der Waals surface area (Å²) in [7, 11) is 0.410. The van der Waals surface area contributed by atoms with Crippen LogP contribution in [0.3, 0.4) is 0 Å². The Hall–Kier alpha value is -1.59. The first kappa shape index (κ1) is 9.50. The molecule has 0 saturated heterocycles. The van der Waals surface area contributed by atoms with Gasteiger partial charge in [-0.2, -0.15) is 0 Å². The molecule has 0 aliphatic heterocycles. The lowest BCUT2D eigenvalue weighted by Gasteiger charge is -2.01. The van der Waals surface area contributed by atoms with Gasteiger partial charge < -0.3 is 5.73 Å². The van der Waals surface area contributed by atoms with Crippen LogP contribution in [0.4, 0.5) is 15.8 Å². The normalized spacial score (nSPS) is 9.69. The van der Waals surface area contributed by atoms with Crippen LogP contribution in [0.2, 0.25) is 6.82 Å². The number of benzene rings is 1. The first-order chi connectivity index (χ1) is 6.06. The van der Waals surface area contributed by atoms with Gasteiger partial charge in [-0.3, -0.25) is 10.1 Å². The molecule has 0 bridgehead atoms. The zero-order valence-electron chi connectivity index (χ0n) is 7.08. The van der Waals surface area contributed by atoms with E-state index in [4.69, 9.17) is 5.73 Å². The lowest BCUT2D eigenvalue weighted by Crippen LogP contribution is -2.17. The molecule has 0 spiro atoms. The van der Waals surface area contributed by atoms with Gasteiger partial charge in [0.15, 0.2) is 7.28 Å². The van der Waals surface area contributed by atoms with Gasteiger partial charge in [0.05, 0.1) is 4.92 Å². The minimum Gasteiger partial charge on any atom is -0.393 e. The molecular formula is C7H8BFN2O2. The number of anilines is 1. The molecule has 0 fully saturated rings. The van der Waals surface area contributed by atoms with Gasteiger partial charge in [0, 0.05) is 12.1 Å². The van der Waals surface area contributed by atoms with E-state index in [1.165, 1.54) is 6.07 Å². The Balaban J connectivity index is 3.30. The number of nitro benzene ring substituents is 1. The molecule has 0 atom stereocenters. The summed E-state index contributed by atoms with van der Waals surface area (Å²) >= 11 is 0. The van der Waals surface area contributed by atoms with Gasteiger partial charge in [-0.1, -0.05) is 6.82 Å². The summed E-state index contributed by atoms with van der Waals surface area (Å²) in [6, 6.07) is 2.15. The Labute approximate surface area is 74.9 Å². The molecule has 68 valence electrons. The molecule has 1 aromatic rings. The van der Waals surface area contributed by atoms with Gasteiger partial charge in [0.1, 0.15) is 11.5 Å². The minimum absolute atomic E-state index is 0.139. The van der Waals surface area contributed by atoms with Gasteiger partial charge in [-0.15, -0.1) is 0 Å². The van der Waals surface area contributed by atoms with Crippen molar-refractivity contribution in [2.24, 2.45) is 0 Å². The van der Waals surface area contributed by atoms with Crippen LogP contribution in [-0.2, 0) is 0 Å². The van der Waals surface area contributed by atoms with E-state index >= 15 is 0 Å². The third-order valence-corrected chi connectivity index (χ3v) is 1.77. The summed E-state index contributed by atoms with van der Waals surface area (Å²) < 4.78 is 13.0. The average molecular weight is 182 g/mol. The van der Waals surface area contributed by atoms with Gasteiger partial charge in [0.25, 0.3) is 5.69 Å². The maximum atomic E-state index is 13.0. The number of hydrogen-bond donors (Lipinski definition) is 1. The molecule has 4 nitrogen and oxygen atoms in total. The summed E-state index contributed by atoms with van der Waals surface area (Å²) in [5, 5.41) is 10.4. The van der Waals surface area contributed by atoms with Crippen molar-refractivity contribution >= 4 is 24.1 Å². The maximum Gasteiger partial charge on any atom is 0.291 e. The quantitative estimate of drug-likeness (QED) is 0.312. The standard InChI is InChI=1S/C7H8BFN2O2/c1-8-4-2-7(11(12)13)6(10)3-5(4)9/h2-3,8H,10H2,1H3. The molecule has 0 radical (unpaired) electrons. The summed E-state index contributed by atoms with van der Waals surface area (Å²) in [5.74, 6) is -0.495. The van der Waals surface area contributed by atoms with Crippen molar-refractivity contribution in [1.29, 1.82) is 0 Å². The summed E-state index contributed by atoms with van der Waals surface area (Å²) in [6.07, 6.45) is 0. The predicted octanol–water partition coefficient (Wildman–Crippen LogP) is 0.426. The van der Waals surface area contributed by atoms with Crippen LogP contribution < -0.4 is 11.2 Å². The smallest absolute Gasteiger partial charge is 0.291 e. The third kappa shape index (κ3) is 1.77. The zero-order valence-corrected chi connectivity index (χ0v) is 7.08. The molecule has 1 rings (SSSR count). The molecule has 2 N–H and O–H groups in total. The van der Waals surface area contributed by atoms with Crippen LogP contribution in [0.5, 0.6) is 0 Å². The largest absolute Gasteiger partial charge is 0.393 e. The molecule has 0 aliphatic carbocycles. The summed E-state index contributed by atoms with van der Waals surface area (Å²) in [5.41, 5.74) is 5.19. The van der Waals surface area contributed by atoms with E-state index in [-0.39, 0.29) is 11.4 Å². The molecule has 1 aromatic carbocycles. The van der Waals surface area contributed by atoms with E-state index < -0.39 is 10.7 Å². The second-order valence-corrected chi connectivity index (χ2v) is 2.61. The number of nitrogens with zero attached hydrogens (tertiary/aromatic N) is 1. The first-order valence-electron chi connectivity index (χ1n) is 3.78. The Bertz CT molecular complexity index is 357. The Morgan fingerprint density at radius 1 is 1.62 bits per heavy atom.